The lowest BCUT2D eigenvalue weighted by molar-refractivity contribution is 0.337. The van der Waals surface area contributed by atoms with Gasteiger partial charge in [-0.25, -0.2) is 0 Å². The average Bonchev–Trinajstić information content (AvgIpc) is 2.13. The fourth-order valence-electron chi connectivity index (χ4n) is 1.29. The summed E-state index contributed by atoms with van der Waals surface area (Å²) in [5.41, 5.74) is 0. The molecule has 1 nitrogen and oxygen atoms in total. The molecule has 0 aromatic rings. The van der Waals surface area contributed by atoms with Crippen LogP contribution in [0.5, 0.6) is 0 Å². The zero-order valence-electron chi connectivity index (χ0n) is 9.51. The van der Waals surface area contributed by atoms with E-state index in [9.17, 15) is 0 Å². The van der Waals surface area contributed by atoms with Gasteiger partial charge >= 0.3 is 0 Å². The minimum atomic E-state index is -0.0775. The van der Waals surface area contributed by atoms with Gasteiger partial charge in [-0.3, -0.25) is 0 Å². The topological polar surface area (TPSA) is 9.23 Å². The van der Waals surface area contributed by atoms with E-state index in [1.54, 1.807) is 0 Å². The molecule has 0 aromatic carbocycles. The summed E-state index contributed by atoms with van der Waals surface area (Å²) in [6, 6.07) is 0. The molecule has 0 radical (unpaired) electrons. The van der Waals surface area contributed by atoms with E-state index in [1.807, 2.05) is 0 Å². The summed E-state index contributed by atoms with van der Waals surface area (Å²) < 4.78 is 5.89. The molecular formula is C11H25OP. The Kier molecular flexibility index (Phi) is 10.8. The molecule has 0 N–H and O–H groups in total. The van der Waals surface area contributed by atoms with Crippen LogP contribution in [0.2, 0.25) is 0 Å². The van der Waals surface area contributed by atoms with Crippen LogP contribution >= 0.6 is 8.15 Å². The van der Waals surface area contributed by atoms with Gasteiger partial charge in [0.15, 0.2) is 0 Å². The van der Waals surface area contributed by atoms with Crippen LogP contribution in [0.3, 0.4) is 0 Å². The Balaban J connectivity index is 3.33. The van der Waals surface area contributed by atoms with Gasteiger partial charge < -0.3 is 4.52 Å². The van der Waals surface area contributed by atoms with Gasteiger partial charge in [0.25, 0.3) is 0 Å². The summed E-state index contributed by atoms with van der Waals surface area (Å²) in [4.78, 5) is 0. The summed E-state index contributed by atoms with van der Waals surface area (Å²) in [5.74, 6) is 0. The maximum Gasteiger partial charge on any atom is 0.0508 e. The van der Waals surface area contributed by atoms with Gasteiger partial charge in [-0.05, 0) is 18.7 Å². The zero-order valence-corrected chi connectivity index (χ0v) is 10.4. The molecular weight excluding hydrogens is 179 g/mol. The summed E-state index contributed by atoms with van der Waals surface area (Å²) in [6.07, 6.45) is 9.02. The molecule has 0 fully saturated rings. The number of rotatable bonds is 9. The largest absolute Gasteiger partial charge is 0.359 e. The summed E-state index contributed by atoms with van der Waals surface area (Å²) in [7, 11) is -0.0775. The second-order valence-electron chi connectivity index (χ2n) is 3.47. The van der Waals surface area contributed by atoms with Crippen LogP contribution in [0.1, 0.15) is 52.9 Å². The standard InChI is InChI=1S/C11H25OP/c1-4-7-8-9-12-13(10-5-2)11-6-3/h4-11H2,1-3H3. The lowest BCUT2D eigenvalue weighted by Gasteiger charge is -2.15. The van der Waals surface area contributed by atoms with Gasteiger partial charge in [0.05, 0.1) is 6.61 Å². The van der Waals surface area contributed by atoms with E-state index < -0.39 is 0 Å². The molecule has 0 heterocycles. The highest BCUT2D eigenvalue weighted by molar-refractivity contribution is 7.52. The normalized spacial score (nSPS) is 11.1. The van der Waals surface area contributed by atoms with E-state index in [1.165, 1.54) is 44.4 Å². The Morgan fingerprint density at radius 1 is 0.846 bits per heavy atom. The highest BCUT2D eigenvalue weighted by atomic mass is 31.1. The van der Waals surface area contributed by atoms with Crippen LogP contribution in [-0.2, 0) is 4.52 Å². The monoisotopic (exact) mass is 204 g/mol. The van der Waals surface area contributed by atoms with Crippen molar-refractivity contribution in [3.8, 4) is 0 Å². The van der Waals surface area contributed by atoms with E-state index in [0.29, 0.717) is 0 Å². The molecule has 0 rings (SSSR count). The number of hydrogen-bond donors (Lipinski definition) is 0. The van der Waals surface area contributed by atoms with Crippen molar-refractivity contribution >= 4 is 8.15 Å². The second kappa shape index (κ2) is 10.5. The molecule has 0 atom stereocenters. The molecule has 0 spiro atoms. The lowest BCUT2D eigenvalue weighted by atomic mass is 10.3. The fraction of sp³-hybridized carbons (Fsp3) is 1.00. The fourth-order valence-corrected chi connectivity index (χ4v) is 3.15. The molecule has 80 valence electrons. The number of hydrogen-bond acceptors (Lipinski definition) is 1. The van der Waals surface area contributed by atoms with Gasteiger partial charge in [0.1, 0.15) is 0 Å². The van der Waals surface area contributed by atoms with Gasteiger partial charge in [0, 0.05) is 8.15 Å². The number of unbranched alkanes of at least 4 members (excludes halogenated alkanes) is 2. The molecule has 0 unspecified atom stereocenters. The van der Waals surface area contributed by atoms with Crippen molar-refractivity contribution in [1.29, 1.82) is 0 Å². The van der Waals surface area contributed by atoms with Crippen LogP contribution in [0.4, 0.5) is 0 Å². The highest BCUT2D eigenvalue weighted by Gasteiger charge is 2.05. The SMILES string of the molecule is CCCCCOP(CCC)CCC. The smallest absolute Gasteiger partial charge is 0.0508 e. The van der Waals surface area contributed by atoms with E-state index in [2.05, 4.69) is 20.8 Å². The maximum atomic E-state index is 5.89. The van der Waals surface area contributed by atoms with Crippen molar-refractivity contribution in [2.45, 2.75) is 52.9 Å². The predicted molar refractivity (Wildman–Crippen MR) is 62.7 cm³/mol. The third-order valence-corrected chi connectivity index (χ3v) is 4.41. The van der Waals surface area contributed by atoms with Crippen molar-refractivity contribution in [3.63, 3.8) is 0 Å². The first kappa shape index (κ1) is 13.4. The quantitative estimate of drug-likeness (QED) is 0.399. The predicted octanol–water partition coefficient (Wildman–Crippen LogP) is 4.41. The molecule has 0 aromatic heterocycles. The lowest BCUT2D eigenvalue weighted by Crippen LogP contribution is -1.96. The van der Waals surface area contributed by atoms with Crippen LogP contribution < -0.4 is 0 Å². The Bertz CT molecular complexity index is 90.1. The average molecular weight is 204 g/mol. The summed E-state index contributed by atoms with van der Waals surface area (Å²) in [6.45, 7) is 7.74. The summed E-state index contributed by atoms with van der Waals surface area (Å²) in [5, 5.41) is 0. The van der Waals surface area contributed by atoms with Gasteiger partial charge in [-0.1, -0.05) is 46.5 Å². The van der Waals surface area contributed by atoms with E-state index >= 15 is 0 Å². The molecule has 13 heavy (non-hydrogen) atoms. The van der Waals surface area contributed by atoms with Crippen LogP contribution in [-0.4, -0.2) is 18.9 Å². The first-order chi connectivity index (χ1) is 6.35. The Morgan fingerprint density at radius 2 is 1.46 bits per heavy atom. The third kappa shape index (κ3) is 8.71. The first-order valence-electron chi connectivity index (χ1n) is 5.73. The Hall–Kier alpha value is 0.390. The molecule has 0 aliphatic carbocycles. The van der Waals surface area contributed by atoms with Crippen molar-refractivity contribution in [2.75, 3.05) is 18.9 Å². The van der Waals surface area contributed by atoms with Crippen LogP contribution in [0, 0.1) is 0 Å². The Morgan fingerprint density at radius 3 is 1.92 bits per heavy atom. The Labute approximate surface area is 85.1 Å². The zero-order chi connectivity index (χ0) is 9.94. The van der Waals surface area contributed by atoms with E-state index in [4.69, 9.17) is 4.52 Å². The molecule has 0 saturated carbocycles. The van der Waals surface area contributed by atoms with Crippen LogP contribution in [0.25, 0.3) is 0 Å². The first-order valence-corrected chi connectivity index (χ1v) is 7.36. The van der Waals surface area contributed by atoms with Crippen LogP contribution in [0.15, 0.2) is 0 Å². The van der Waals surface area contributed by atoms with Gasteiger partial charge in [0.2, 0.25) is 0 Å². The van der Waals surface area contributed by atoms with Crippen molar-refractivity contribution in [1.82, 2.24) is 0 Å². The minimum absolute atomic E-state index is 0.0775. The van der Waals surface area contributed by atoms with Crippen molar-refractivity contribution in [2.24, 2.45) is 0 Å². The molecule has 0 saturated heterocycles. The molecule has 0 amide bonds. The molecule has 2 heteroatoms. The van der Waals surface area contributed by atoms with Gasteiger partial charge in [-0.2, -0.15) is 0 Å². The summed E-state index contributed by atoms with van der Waals surface area (Å²) >= 11 is 0. The van der Waals surface area contributed by atoms with Crippen molar-refractivity contribution in [3.05, 3.63) is 0 Å². The van der Waals surface area contributed by atoms with Gasteiger partial charge in [-0.15, -0.1) is 0 Å². The van der Waals surface area contributed by atoms with Crippen molar-refractivity contribution < 1.29 is 4.52 Å². The minimum Gasteiger partial charge on any atom is -0.359 e. The van der Waals surface area contributed by atoms with E-state index in [0.717, 1.165) is 6.61 Å². The highest BCUT2D eigenvalue weighted by Crippen LogP contribution is 2.38. The molecule has 0 aliphatic rings. The third-order valence-electron chi connectivity index (χ3n) is 1.97. The maximum absolute atomic E-state index is 5.89. The molecule has 0 aliphatic heterocycles. The molecule has 0 bridgehead atoms. The second-order valence-corrected chi connectivity index (χ2v) is 5.59. The van der Waals surface area contributed by atoms with E-state index in [-0.39, 0.29) is 8.15 Å².